The standard InChI is InChI=1S/C14H29N/c1-6-15-14(12(4)5)10-8-7-9-13(14)11(2)3/h11-13,15H,6-10H2,1-5H3. The molecule has 0 spiro atoms. The Kier molecular flexibility index (Phi) is 4.64. The smallest absolute Gasteiger partial charge is 0.0234 e. The van der Waals surface area contributed by atoms with Gasteiger partial charge in [0.2, 0.25) is 0 Å². The van der Waals surface area contributed by atoms with Crippen molar-refractivity contribution >= 4 is 0 Å². The van der Waals surface area contributed by atoms with Gasteiger partial charge in [0.25, 0.3) is 0 Å². The lowest BCUT2D eigenvalue weighted by Crippen LogP contribution is -2.58. The van der Waals surface area contributed by atoms with Crippen LogP contribution in [0.4, 0.5) is 0 Å². The summed E-state index contributed by atoms with van der Waals surface area (Å²) in [4.78, 5) is 0. The molecule has 1 nitrogen and oxygen atoms in total. The van der Waals surface area contributed by atoms with E-state index in [2.05, 4.69) is 39.9 Å². The molecule has 0 aliphatic heterocycles. The maximum Gasteiger partial charge on any atom is 0.0234 e. The molecule has 0 aromatic carbocycles. The maximum absolute atomic E-state index is 3.83. The van der Waals surface area contributed by atoms with E-state index in [0.717, 1.165) is 24.3 Å². The van der Waals surface area contributed by atoms with E-state index in [0.29, 0.717) is 5.54 Å². The topological polar surface area (TPSA) is 12.0 Å². The summed E-state index contributed by atoms with van der Waals surface area (Å²) < 4.78 is 0. The largest absolute Gasteiger partial charge is 0.311 e. The summed E-state index contributed by atoms with van der Waals surface area (Å²) in [5.41, 5.74) is 0.418. The van der Waals surface area contributed by atoms with Gasteiger partial charge in [0.15, 0.2) is 0 Å². The van der Waals surface area contributed by atoms with E-state index in [-0.39, 0.29) is 0 Å². The molecule has 1 rings (SSSR count). The van der Waals surface area contributed by atoms with Gasteiger partial charge in [-0.2, -0.15) is 0 Å². The Morgan fingerprint density at radius 1 is 1.20 bits per heavy atom. The first-order chi connectivity index (χ1) is 7.04. The summed E-state index contributed by atoms with van der Waals surface area (Å²) in [6.45, 7) is 12.9. The molecule has 1 aliphatic carbocycles. The van der Waals surface area contributed by atoms with Crippen LogP contribution >= 0.6 is 0 Å². The minimum Gasteiger partial charge on any atom is -0.311 e. The molecule has 90 valence electrons. The van der Waals surface area contributed by atoms with Crippen molar-refractivity contribution in [3.8, 4) is 0 Å². The molecule has 1 saturated carbocycles. The van der Waals surface area contributed by atoms with Gasteiger partial charge in [0, 0.05) is 5.54 Å². The lowest BCUT2D eigenvalue weighted by atomic mass is 9.63. The summed E-state index contributed by atoms with van der Waals surface area (Å²) in [7, 11) is 0. The molecule has 0 radical (unpaired) electrons. The molecule has 15 heavy (non-hydrogen) atoms. The monoisotopic (exact) mass is 211 g/mol. The maximum atomic E-state index is 3.83. The van der Waals surface area contributed by atoms with Crippen molar-refractivity contribution in [2.45, 2.75) is 65.8 Å². The van der Waals surface area contributed by atoms with Gasteiger partial charge >= 0.3 is 0 Å². The Morgan fingerprint density at radius 3 is 2.33 bits per heavy atom. The number of rotatable bonds is 4. The summed E-state index contributed by atoms with van der Waals surface area (Å²) >= 11 is 0. The Bertz CT molecular complexity index is 182. The highest BCUT2D eigenvalue weighted by molar-refractivity contribution is 5.00. The van der Waals surface area contributed by atoms with Crippen molar-refractivity contribution in [3.63, 3.8) is 0 Å². The summed E-state index contributed by atoms with van der Waals surface area (Å²) in [5, 5.41) is 3.83. The molecular formula is C14H29N. The molecule has 2 atom stereocenters. The molecule has 0 saturated heterocycles. The predicted molar refractivity (Wildman–Crippen MR) is 68.0 cm³/mol. The SMILES string of the molecule is CCNC1(C(C)C)CCCCC1C(C)C. The van der Waals surface area contributed by atoms with Gasteiger partial charge in [0.1, 0.15) is 0 Å². The number of nitrogens with one attached hydrogen (secondary N) is 1. The second kappa shape index (κ2) is 5.34. The third kappa shape index (κ3) is 2.55. The Morgan fingerprint density at radius 2 is 1.87 bits per heavy atom. The first-order valence-electron chi connectivity index (χ1n) is 6.79. The molecule has 0 aromatic rings. The first-order valence-corrected chi connectivity index (χ1v) is 6.79. The van der Waals surface area contributed by atoms with Crippen molar-refractivity contribution in [1.29, 1.82) is 0 Å². The molecule has 2 unspecified atom stereocenters. The third-order valence-electron chi connectivity index (χ3n) is 4.36. The van der Waals surface area contributed by atoms with Gasteiger partial charge < -0.3 is 5.32 Å². The van der Waals surface area contributed by atoms with Crippen molar-refractivity contribution in [1.82, 2.24) is 5.32 Å². The molecule has 1 N–H and O–H groups in total. The summed E-state index contributed by atoms with van der Waals surface area (Å²) in [6.07, 6.45) is 5.64. The normalized spacial score (nSPS) is 32.6. The average Bonchev–Trinajstić information content (AvgIpc) is 2.18. The summed E-state index contributed by atoms with van der Waals surface area (Å²) in [6, 6.07) is 0. The fraction of sp³-hybridized carbons (Fsp3) is 1.00. The van der Waals surface area contributed by atoms with Crippen LogP contribution in [0.25, 0.3) is 0 Å². The van der Waals surface area contributed by atoms with Crippen LogP contribution in [0.1, 0.15) is 60.3 Å². The Hall–Kier alpha value is -0.0400. The molecule has 0 aromatic heterocycles. The van der Waals surface area contributed by atoms with E-state index < -0.39 is 0 Å². The highest BCUT2D eigenvalue weighted by Crippen LogP contribution is 2.42. The van der Waals surface area contributed by atoms with Gasteiger partial charge in [-0.15, -0.1) is 0 Å². The molecule has 1 heteroatoms. The zero-order valence-corrected chi connectivity index (χ0v) is 11.3. The average molecular weight is 211 g/mol. The minimum absolute atomic E-state index is 0.418. The van der Waals surface area contributed by atoms with E-state index in [1.807, 2.05) is 0 Å². The van der Waals surface area contributed by atoms with Gasteiger partial charge in [-0.25, -0.2) is 0 Å². The molecule has 0 heterocycles. The number of hydrogen-bond acceptors (Lipinski definition) is 1. The van der Waals surface area contributed by atoms with E-state index in [9.17, 15) is 0 Å². The lowest BCUT2D eigenvalue weighted by molar-refractivity contribution is 0.0607. The first kappa shape index (κ1) is 13.0. The van der Waals surface area contributed by atoms with Crippen molar-refractivity contribution in [2.75, 3.05) is 6.54 Å². The lowest BCUT2D eigenvalue weighted by Gasteiger charge is -2.50. The Balaban J connectivity index is 2.88. The predicted octanol–water partition coefficient (Wildman–Crippen LogP) is 3.84. The fourth-order valence-electron chi connectivity index (χ4n) is 3.62. The van der Waals surface area contributed by atoms with Gasteiger partial charge in [-0.3, -0.25) is 0 Å². The van der Waals surface area contributed by atoms with Crippen LogP contribution in [0.2, 0.25) is 0 Å². The van der Waals surface area contributed by atoms with E-state index in [1.54, 1.807) is 0 Å². The summed E-state index contributed by atoms with van der Waals surface area (Å²) in [5.74, 6) is 2.43. The second-order valence-corrected chi connectivity index (χ2v) is 5.82. The van der Waals surface area contributed by atoms with E-state index in [1.165, 1.54) is 25.7 Å². The fourth-order valence-corrected chi connectivity index (χ4v) is 3.62. The Labute approximate surface area is 96.0 Å². The minimum atomic E-state index is 0.418. The van der Waals surface area contributed by atoms with Crippen LogP contribution in [0.15, 0.2) is 0 Å². The highest BCUT2D eigenvalue weighted by Gasteiger charge is 2.43. The third-order valence-corrected chi connectivity index (χ3v) is 4.36. The molecule has 1 aliphatic rings. The van der Waals surface area contributed by atoms with Crippen molar-refractivity contribution in [3.05, 3.63) is 0 Å². The second-order valence-electron chi connectivity index (χ2n) is 5.82. The van der Waals surface area contributed by atoms with Crippen LogP contribution in [-0.2, 0) is 0 Å². The highest BCUT2D eigenvalue weighted by atomic mass is 15.0. The molecule has 1 fully saturated rings. The zero-order valence-electron chi connectivity index (χ0n) is 11.3. The molecular weight excluding hydrogens is 182 g/mol. The quantitative estimate of drug-likeness (QED) is 0.745. The van der Waals surface area contributed by atoms with Gasteiger partial charge in [0.05, 0.1) is 0 Å². The molecule has 0 amide bonds. The van der Waals surface area contributed by atoms with Crippen LogP contribution in [-0.4, -0.2) is 12.1 Å². The number of hydrogen-bond donors (Lipinski definition) is 1. The van der Waals surface area contributed by atoms with Crippen LogP contribution < -0.4 is 5.32 Å². The molecule has 0 bridgehead atoms. The van der Waals surface area contributed by atoms with Gasteiger partial charge in [-0.1, -0.05) is 47.5 Å². The van der Waals surface area contributed by atoms with Crippen LogP contribution in [0.5, 0.6) is 0 Å². The van der Waals surface area contributed by atoms with Gasteiger partial charge in [-0.05, 0) is 37.1 Å². The zero-order chi connectivity index (χ0) is 11.5. The van der Waals surface area contributed by atoms with Crippen molar-refractivity contribution < 1.29 is 0 Å². The van der Waals surface area contributed by atoms with Crippen LogP contribution in [0.3, 0.4) is 0 Å². The van der Waals surface area contributed by atoms with E-state index >= 15 is 0 Å². The van der Waals surface area contributed by atoms with Crippen molar-refractivity contribution in [2.24, 2.45) is 17.8 Å². The van der Waals surface area contributed by atoms with Crippen LogP contribution in [0, 0.1) is 17.8 Å². The van der Waals surface area contributed by atoms with E-state index in [4.69, 9.17) is 0 Å².